The van der Waals surface area contributed by atoms with E-state index in [4.69, 9.17) is 9.47 Å². The molecule has 41 heavy (non-hydrogen) atoms. The van der Waals surface area contributed by atoms with Crippen molar-refractivity contribution in [2.75, 3.05) is 6.54 Å². The first-order chi connectivity index (χ1) is 19.7. The molecule has 0 aromatic heterocycles. The first-order valence-corrected chi connectivity index (χ1v) is 14.0. The standard InChI is InChI=1S/C33H41N3O5/c1-33(2,3)41-32(39)35-29(21-13-14-22-34-31(38)40-25-28-19-11-6-12-20-28)30(37)36(23-26-15-7-4-8-16-26)24-27-17-9-5-10-18-27/h4-12,15-20,29H,13-14,21-25H2,1-3H3,(H,34,38)(H,35,39)/t29-/m0/s1. The van der Waals surface area contributed by atoms with E-state index in [1.807, 2.05) is 91.0 Å². The van der Waals surface area contributed by atoms with Crippen molar-refractivity contribution in [1.29, 1.82) is 0 Å². The van der Waals surface area contributed by atoms with Crippen LogP contribution in [0.5, 0.6) is 0 Å². The molecule has 3 rings (SSSR count). The Hall–Kier alpha value is -4.33. The van der Waals surface area contributed by atoms with Gasteiger partial charge in [0.05, 0.1) is 0 Å². The van der Waals surface area contributed by atoms with Crippen LogP contribution in [0.4, 0.5) is 9.59 Å². The van der Waals surface area contributed by atoms with Crippen molar-refractivity contribution in [1.82, 2.24) is 15.5 Å². The number of amides is 3. The Morgan fingerprint density at radius 3 is 1.76 bits per heavy atom. The zero-order valence-electron chi connectivity index (χ0n) is 24.2. The van der Waals surface area contributed by atoms with Gasteiger partial charge in [0.25, 0.3) is 0 Å². The number of hydrogen-bond donors (Lipinski definition) is 2. The minimum Gasteiger partial charge on any atom is -0.445 e. The molecule has 2 N–H and O–H groups in total. The van der Waals surface area contributed by atoms with Crippen molar-refractivity contribution in [2.24, 2.45) is 0 Å². The molecule has 8 heteroatoms. The number of nitrogens with one attached hydrogen (secondary N) is 2. The molecule has 218 valence electrons. The van der Waals surface area contributed by atoms with Crippen LogP contribution in [0.25, 0.3) is 0 Å². The second kappa shape index (κ2) is 16.1. The van der Waals surface area contributed by atoms with Crippen LogP contribution in [-0.2, 0) is 34.0 Å². The van der Waals surface area contributed by atoms with E-state index in [1.54, 1.807) is 25.7 Å². The Morgan fingerprint density at radius 1 is 0.732 bits per heavy atom. The fourth-order valence-corrected chi connectivity index (χ4v) is 4.18. The fraction of sp³-hybridized carbons (Fsp3) is 0.364. The van der Waals surface area contributed by atoms with Crippen molar-refractivity contribution >= 4 is 18.1 Å². The van der Waals surface area contributed by atoms with Crippen LogP contribution >= 0.6 is 0 Å². The predicted molar refractivity (Wildman–Crippen MR) is 159 cm³/mol. The summed E-state index contributed by atoms with van der Waals surface area (Å²) in [6.45, 7) is 6.72. The average molecular weight is 560 g/mol. The molecule has 0 bridgehead atoms. The Bertz CT molecular complexity index is 1170. The van der Waals surface area contributed by atoms with E-state index in [0.717, 1.165) is 16.7 Å². The van der Waals surface area contributed by atoms with E-state index in [-0.39, 0.29) is 12.5 Å². The molecule has 0 aliphatic rings. The molecular weight excluding hydrogens is 518 g/mol. The summed E-state index contributed by atoms with van der Waals surface area (Å²) in [5, 5.41) is 5.55. The molecule has 0 unspecified atom stereocenters. The lowest BCUT2D eigenvalue weighted by atomic mass is 10.1. The fourth-order valence-electron chi connectivity index (χ4n) is 4.18. The number of ether oxygens (including phenoxy) is 2. The lowest BCUT2D eigenvalue weighted by molar-refractivity contribution is -0.135. The van der Waals surface area contributed by atoms with E-state index in [2.05, 4.69) is 10.6 Å². The summed E-state index contributed by atoms with van der Waals surface area (Å²) >= 11 is 0. The van der Waals surface area contributed by atoms with Gasteiger partial charge in [0.1, 0.15) is 18.2 Å². The van der Waals surface area contributed by atoms with Crippen LogP contribution in [0.1, 0.15) is 56.7 Å². The Labute approximate surface area is 243 Å². The molecule has 1 atom stereocenters. The normalized spacial score (nSPS) is 11.7. The molecule has 0 aliphatic heterocycles. The van der Waals surface area contributed by atoms with Crippen molar-refractivity contribution in [2.45, 2.75) is 71.4 Å². The van der Waals surface area contributed by atoms with E-state index >= 15 is 0 Å². The summed E-state index contributed by atoms with van der Waals surface area (Å²) in [4.78, 5) is 40.4. The minimum atomic E-state index is -0.790. The molecule has 3 amide bonds. The highest BCUT2D eigenvalue weighted by Crippen LogP contribution is 2.15. The maximum Gasteiger partial charge on any atom is 0.408 e. The quantitative estimate of drug-likeness (QED) is 0.243. The van der Waals surface area contributed by atoms with E-state index in [9.17, 15) is 14.4 Å². The van der Waals surface area contributed by atoms with Gasteiger partial charge in [-0.25, -0.2) is 9.59 Å². The van der Waals surface area contributed by atoms with Gasteiger partial charge in [-0.2, -0.15) is 0 Å². The number of hydrogen-bond acceptors (Lipinski definition) is 5. The zero-order chi connectivity index (χ0) is 29.5. The van der Waals surface area contributed by atoms with Crippen molar-refractivity contribution in [3.8, 4) is 0 Å². The maximum absolute atomic E-state index is 13.9. The Kier molecular flexibility index (Phi) is 12.2. The molecule has 0 saturated heterocycles. The SMILES string of the molecule is CC(C)(C)OC(=O)N[C@@H](CCCCNC(=O)OCc1ccccc1)C(=O)N(Cc1ccccc1)Cc1ccccc1. The molecule has 0 radical (unpaired) electrons. The van der Waals surface area contributed by atoms with Gasteiger partial charge < -0.3 is 25.0 Å². The minimum absolute atomic E-state index is 0.196. The molecule has 0 fully saturated rings. The first kappa shape index (κ1) is 31.2. The Balaban J connectivity index is 1.61. The number of rotatable bonds is 13. The van der Waals surface area contributed by atoms with E-state index < -0.39 is 23.8 Å². The van der Waals surface area contributed by atoms with Crippen molar-refractivity contribution in [3.05, 3.63) is 108 Å². The maximum atomic E-state index is 13.9. The molecular formula is C33H41N3O5. The van der Waals surface area contributed by atoms with Crippen LogP contribution in [0.3, 0.4) is 0 Å². The van der Waals surface area contributed by atoms with Crippen molar-refractivity contribution < 1.29 is 23.9 Å². The van der Waals surface area contributed by atoms with Crippen LogP contribution in [0, 0.1) is 0 Å². The summed E-state index contributed by atoms with van der Waals surface area (Å²) in [5.41, 5.74) is 2.19. The molecule has 3 aromatic carbocycles. The lowest BCUT2D eigenvalue weighted by Crippen LogP contribution is -2.49. The van der Waals surface area contributed by atoms with Gasteiger partial charge in [-0.3, -0.25) is 4.79 Å². The van der Waals surface area contributed by atoms with Gasteiger partial charge in [0.15, 0.2) is 0 Å². The molecule has 3 aromatic rings. The summed E-state index contributed by atoms with van der Waals surface area (Å²) in [7, 11) is 0. The monoisotopic (exact) mass is 559 g/mol. The van der Waals surface area contributed by atoms with Gasteiger partial charge in [0.2, 0.25) is 5.91 Å². The van der Waals surface area contributed by atoms with Gasteiger partial charge in [0, 0.05) is 19.6 Å². The molecule has 0 saturated carbocycles. The second-order valence-corrected chi connectivity index (χ2v) is 10.8. The number of benzene rings is 3. The number of nitrogens with zero attached hydrogens (tertiary/aromatic N) is 1. The summed E-state index contributed by atoms with van der Waals surface area (Å²) in [5.74, 6) is -0.196. The summed E-state index contributed by atoms with van der Waals surface area (Å²) in [6, 6.07) is 28.2. The summed E-state index contributed by atoms with van der Waals surface area (Å²) in [6.07, 6.45) is 0.453. The Morgan fingerprint density at radius 2 is 1.24 bits per heavy atom. The van der Waals surface area contributed by atoms with Crippen LogP contribution in [0.2, 0.25) is 0 Å². The topological polar surface area (TPSA) is 97.0 Å². The summed E-state index contributed by atoms with van der Waals surface area (Å²) < 4.78 is 10.7. The van der Waals surface area contributed by atoms with Gasteiger partial charge in [-0.1, -0.05) is 91.0 Å². The highest BCUT2D eigenvalue weighted by atomic mass is 16.6. The van der Waals surface area contributed by atoms with Gasteiger partial charge >= 0.3 is 12.2 Å². The third-order valence-corrected chi connectivity index (χ3v) is 6.13. The first-order valence-electron chi connectivity index (χ1n) is 14.0. The van der Waals surface area contributed by atoms with E-state index in [1.165, 1.54) is 0 Å². The highest BCUT2D eigenvalue weighted by molar-refractivity contribution is 5.85. The largest absolute Gasteiger partial charge is 0.445 e. The van der Waals surface area contributed by atoms with Crippen LogP contribution in [0.15, 0.2) is 91.0 Å². The molecule has 8 nitrogen and oxygen atoms in total. The number of unbranched alkanes of at least 4 members (excludes halogenated alkanes) is 1. The van der Waals surface area contributed by atoms with Crippen LogP contribution in [-0.4, -0.2) is 41.2 Å². The molecule has 0 aliphatic carbocycles. The number of carbonyl (C=O) groups is 3. The molecule has 0 heterocycles. The lowest BCUT2D eigenvalue weighted by Gasteiger charge is -2.29. The third-order valence-electron chi connectivity index (χ3n) is 6.13. The predicted octanol–water partition coefficient (Wildman–Crippen LogP) is 6.21. The number of alkyl carbamates (subject to hydrolysis) is 2. The van der Waals surface area contributed by atoms with Crippen LogP contribution < -0.4 is 10.6 Å². The van der Waals surface area contributed by atoms with Crippen molar-refractivity contribution in [3.63, 3.8) is 0 Å². The second-order valence-electron chi connectivity index (χ2n) is 10.8. The third kappa shape index (κ3) is 12.2. The smallest absolute Gasteiger partial charge is 0.408 e. The van der Waals surface area contributed by atoms with Gasteiger partial charge in [-0.05, 0) is 56.7 Å². The highest BCUT2D eigenvalue weighted by Gasteiger charge is 2.28. The van der Waals surface area contributed by atoms with Gasteiger partial charge in [-0.15, -0.1) is 0 Å². The zero-order valence-corrected chi connectivity index (χ0v) is 24.2. The average Bonchev–Trinajstić information content (AvgIpc) is 2.95. The number of carbonyl (C=O) groups excluding carboxylic acids is 3. The molecule has 0 spiro atoms. The van der Waals surface area contributed by atoms with E-state index in [0.29, 0.717) is 38.9 Å².